The number of para-hydroxylation sites is 1. The first-order valence-electron chi connectivity index (χ1n) is 16.1. The molecule has 4 nitrogen and oxygen atoms in total. The molecule has 0 aliphatic heterocycles. The van der Waals surface area contributed by atoms with Crippen LogP contribution in [-0.2, 0) is 0 Å². The minimum absolute atomic E-state index is 0.658. The first kappa shape index (κ1) is 26.7. The predicted octanol–water partition coefficient (Wildman–Crippen LogP) is 12.1. The Hall–Kier alpha value is -6.52. The van der Waals surface area contributed by atoms with Crippen molar-refractivity contribution >= 4 is 54.6 Å². The number of aromatic nitrogens is 2. The molecule has 4 heteroatoms. The van der Waals surface area contributed by atoms with Crippen LogP contribution >= 0.6 is 0 Å². The van der Waals surface area contributed by atoms with E-state index in [2.05, 4.69) is 109 Å². The van der Waals surface area contributed by atoms with Crippen molar-refractivity contribution in [1.29, 1.82) is 0 Å². The highest BCUT2D eigenvalue weighted by Gasteiger charge is 2.20. The summed E-state index contributed by atoms with van der Waals surface area (Å²) in [7, 11) is 0. The molecule has 0 radical (unpaired) electrons. The molecule has 0 N–H and O–H groups in total. The zero-order valence-corrected chi connectivity index (χ0v) is 25.7. The maximum atomic E-state index is 6.65. The molecule has 224 valence electrons. The van der Waals surface area contributed by atoms with Crippen molar-refractivity contribution in [1.82, 2.24) is 9.97 Å². The average Bonchev–Trinajstić information content (AvgIpc) is 3.72. The lowest BCUT2D eigenvalue weighted by Gasteiger charge is -2.12. The Balaban J connectivity index is 1.27. The van der Waals surface area contributed by atoms with E-state index in [9.17, 15) is 0 Å². The van der Waals surface area contributed by atoms with Crippen molar-refractivity contribution in [2.45, 2.75) is 0 Å². The maximum absolute atomic E-state index is 6.65. The van der Waals surface area contributed by atoms with Gasteiger partial charge in [0, 0.05) is 38.2 Å². The molecule has 10 aromatic rings. The van der Waals surface area contributed by atoms with Crippen LogP contribution < -0.4 is 0 Å². The minimum Gasteiger partial charge on any atom is -0.456 e. The molecule has 7 aromatic carbocycles. The molecule has 0 bridgehead atoms. The van der Waals surface area contributed by atoms with E-state index >= 15 is 0 Å². The third-order valence-electron chi connectivity index (χ3n) is 9.26. The van der Waals surface area contributed by atoms with Crippen LogP contribution in [0.3, 0.4) is 0 Å². The third-order valence-corrected chi connectivity index (χ3v) is 9.26. The van der Waals surface area contributed by atoms with Crippen LogP contribution in [0, 0.1) is 0 Å². The van der Waals surface area contributed by atoms with Gasteiger partial charge in [-0.3, -0.25) is 0 Å². The second kappa shape index (κ2) is 10.5. The second-order valence-corrected chi connectivity index (χ2v) is 12.2. The van der Waals surface area contributed by atoms with E-state index in [1.54, 1.807) is 0 Å². The smallest absolute Gasteiger partial charge is 0.160 e. The molecule has 48 heavy (non-hydrogen) atoms. The summed E-state index contributed by atoms with van der Waals surface area (Å²) in [5.74, 6) is 0.658. The first-order valence-corrected chi connectivity index (χ1v) is 16.1. The molecular weight excluding hydrogens is 588 g/mol. The van der Waals surface area contributed by atoms with Gasteiger partial charge in [0.25, 0.3) is 0 Å². The lowest BCUT2D eigenvalue weighted by molar-refractivity contribution is 0.669. The van der Waals surface area contributed by atoms with Gasteiger partial charge in [-0.25, -0.2) is 9.97 Å². The summed E-state index contributed by atoms with van der Waals surface area (Å²) < 4.78 is 12.9. The van der Waals surface area contributed by atoms with E-state index in [-0.39, 0.29) is 0 Å². The third kappa shape index (κ3) is 4.24. The molecule has 3 heterocycles. The van der Waals surface area contributed by atoms with Crippen LogP contribution in [0.2, 0.25) is 0 Å². The second-order valence-electron chi connectivity index (χ2n) is 12.2. The van der Waals surface area contributed by atoms with Crippen molar-refractivity contribution in [2.24, 2.45) is 0 Å². The summed E-state index contributed by atoms with van der Waals surface area (Å²) in [5, 5.41) is 6.64. The molecule has 0 unspecified atom stereocenters. The van der Waals surface area contributed by atoms with Gasteiger partial charge in [0.05, 0.1) is 11.4 Å². The van der Waals surface area contributed by atoms with Crippen LogP contribution in [0.25, 0.3) is 99.7 Å². The summed E-state index contributed by atoms with van der Waals surface area (Å²) in [5.41, 5.74) is 10.1. The summed E-state index contributed by atoms with van der Waals surface area (Å²) in [6.07, 6.45) is 0. The first-order chi connectivity index (χ1) is 23.8. The van der Waals surface area contributed by atoms with Gasteiger partial charge in [-0.15, -0.1) is 0 Å². The van der Waals surface area contributed by atoms with Gasteiger partial charge in [-0.2, -0.15) is 0 Å². The van der Waals surface area contributed by atoms with Crippen molar-refractivity contribution < 1.29 is 8.83 Å². The van der Waals surface area contributed by atoms with Crippen molar-refractivity contribution in [3.8, 4) is 45.0 Å². The SMILES string of the molecule is c1ccc(-c2nc(-c3cc(-c4ccccc4)c4c(c3)oc3cc5ccccc5cc34)cc(-c3cccc4oc5ccccc5c34)n2)cc1. The van der Waals surface area contributed by atoms with E-state index in [0.29, 0.717) is 5.82 Å². The van der Waals surface area contributed by atoms with Crippen LogP contribution in [0.4, 0.5) is 0 Å². The Bertz CT molecular complexity index is 2830. The molecule has 0 atom stereocenters. The fraction of sp³-hybridized carbons (Fsp3) is 0. The van der Waals surface area contributed by atoms with Gasteiger partial charge in [-0.05, 0) is 64.4 Å². The van der Waals surface area contributed by atoms with E-state index in [0.717, 1.165) is 88.5 Å². The lowest BCUT2D eigenvalue weighted by Crippen LogP contribution is -1.96. The fourth-order valence-corrected chi connectivity index (χ4v) is 7.02. The Morgan fingerprint density at radius 3 is 1.83 bits per heavy atom. The molecule has 0 aliphatic carbocycles. The zero-order valence-electron chi connectivity index (χ0n) is 25.7. The van der Waals surface area contributed by atoms with E-state index in [1.807, 2.05) is 48.5 Å². The highest BCUT2D eigenvalue weighted by molar-refractivity contribution is 6.17. The number of benzene rings is 7. The molecule has 0 amide bonds. The Kier molecular flexibility index (Phi) is 5.84. The highest BCUT2D eigenvalue weighted by atomic mass is 16.3. The fourth-order valence-electron chi connectivity index (χ4n) is 7.02. The maximum Gasteiger partial charge on any atom is 0.160 e. The molecule has 3 aromatic heterocycles. The topological polar surface area (TPSA) is 52.1 Å². The van der Waals surface area contributed by atoms with Crippen molar-refractivity contribution in [2.75, 3.05) is 0 Å². The van der Waals surface area contributed by atoms with Gasteiger partial charge in [0.2, 0.25) is 0 Å². The van der Waals surface area contributed by atoms with E-state index < -0.39 is 0 Å². The number of furan rings is 2. The zero-order chi connectivity index (χ0) is 31.6. The minimum atomic E-state index is 0.658. The average molecular weight is 615 g/mol. The monoisotopic (exact) mass is 614 g/mol. The van der Waals surface area contributed by atoms with E-state index in [4.69, 9.17) is 18.8 Å². The highest BCUT2D eigenvalue weighted by Crippen LogP contribution is 2.42. The van der Waals surface area contributed by atoms with Gasteiger partial charge < -0.3 is 8.83 Å². The molecule has 0 saturated heterocycles. The molecule has 0 aliphatic rings. The molecule has 0 spiro atoms. The predicted molar refractivity (Wildman–Crippen MR) is 196 cm³/mol. The van der Waals surface area contributed by atoms with Crippen molar-refractivity contribution in [3.05, 3.63) is 158 Å². The van der Waals surface area contributed by atoms with Crippen molar-refractivity contribution in [3.63, 3.8) is 0 Å². The lowest BCUT2D eigenvalue weighted by atomic mass is 9.94. The van der Waals surface area contributed by atoms with Gasteiger partial charge in [0.15, 0.2) is 5.82 Å². The number of nitrogens with zero attached hydrogens (tertiary/aromatic N) is 2. The van der Waals surface area contributed by atoms with Crippen LogP contribution in [-0.4, -0.2) is 9.97 Å². The molecule has 0 fully saturated rings. The molecule has 10 rings (SSSR count). The Labute approximate surface area is 275 Å². The number of hydrogen-bond donors (Lipinski definition) is 0. The normalized spacial score (nSPS) is 11.8. The summed E-state index contributed by atoms with van der Waals surface area (Å²) >= 11 is 0. The van der Waals surface area contributed by atoms with Gasteiger partial charge >= 0.3 is 0 Å². The quantitative estimate of drug-likeness (QED) is 0.198. The summed E-state index contributed by atoms with van der Waals surface area (Å²) in [6.45, 7) is 0. The standard InChI is InChI=1S/C44H26N2O2/c1-3-12-27(13-4-1)34-23-31(25-41-43(34)35-22-29-16-7-8-17-30(29)24-40(35)48-41)36-26-37(46-44(45-36)28-14-5-2-6-15-28)32-19-11-21-39-42(32)33-18-9-10-20-38(33)47-39/h1-26H. The number of fused-ring (bicyclic) bond motifs is 7. The Morgan fingerprint density at radius 1 is 0.354 bits per heavy atom. The molecular formula is C44H26N2O2. The summed E-state index contributed by atoms with van der Waals surface area (Å²) in [4.78, 5) is 10.4. The van der Waals surface area contributed by atoms with Crippen LogP contribution in [0.5, 0.6) is 0 Å². The number of rotatable bonds is 4. The van der Waals surface area contributed by atoms with Crippen LogP contribution in [0.1, 0.15) is 0 Å². The number of hydrogen-bond acceptors (Lipinski definition) is 4. The van der Waals surface area contributed by atoms with Gasteiger partial charge in [-0.1, -0.05) is 115 Å². The summed E-state index contributed by atoms with van der Waals surface area (Å²) in [6, 6.07) is 54.3. The largest absolute Gasteiger partial charge is 0.456 e. The van der Waals surface area contributed by atoms with Crippen LogP contribution in [0.15, 0.2) is 167 Å². The van der Waals surface area contributed by atoms with Gasteiger partial charge in [0.1, 0.15) is 22.3 Å². The van der Waals surface area contributed by atoms with E-state index in [1.165, 1.54) is 5.39 Å². The molecule has 0 saturated carbocycles. The Morgan fingerprint density at radius 2 is 1.00 bits per heavy atom.